The summed E-state index contributed by atoms with van der Waals surface area (Å²) in [7, 11) is 0. The van der Waals surface area contributed by atoms with E-state index in [4.69, 9.17) is 23.2 Å². The molecule has 0 bridgehead atoms. The first kappa shape index (κ1) is 13.4. The lowest BCUT2D eigenvalue weighted by Gasteiger charge is -2.07. The van der Waals surface area contributed by atoms with Crippen molar-refractivity contribution in [3.8, 4) is 0 Å². The first-order chi connectivity index (χ1) is 8.66. The zero-order chi connectivity index (χ0) is 13.0. The van der Waals surface area contributed by atoms with Crippen LogP contribution in [0.15, 0.2) is 30.0 Å². The maximum atomic E-state index is 11.8. The molecule has 4 heteroatoms. The number of carbonyl (C=O) groups is 1. The number of hydrogen-bond acceptors (Lipinski definition) is 2. The molecule has 1 aromatic carbocycles. The van der Waals surface area contributed by atoms with E-state index in [9.17, 15) is 4.79 Å². The number of hydrogen-bond donors (Lipinski definition) is 1. The predicted octanol–water partition coefficient (Wildman–Crippen LogP) is 4.82. The molecule has 1 aromatic rings. The van der Waals surface area contributed by atoms with Crippen LogP contribution in [0.3, 0.4) is 0 Å². The number of ketones is 1. The number of allylic oxidation sites excluding steroid dienone is 1. The minimum Gasteiger partial charge on any atom is -0.360 e. The maximum absolute atomic E-state index is 11.8. The Morgan fingerprint density at radius 2 is 1.89 bits per heavy atom. The van der Waals surface area contributed by atoms with Gasteiger partial charge in [-0.15, -0.1) is 0 Å². The highest BCUT2D eigenvalue weighted by molar-refractivity contribution is 6.35. The highest BCUT2D eigenvalue weighted by Gasteiger charge is 2.13. The number of anilines is 1. The summed E-state index contributed by atoms with van der Waals surface area (Å²) in [6.07, 6.45) is 6.45. The second kappa shape index (κ2) is 6.26. The van der Waals surface area contributed by atoms with Gasteiger partial charge in [0.25, 0.3) is 0 Å². The number of carbonyl (C=O) groups excluding carboxylic acids is 1. The molecule has 1 aliphatic carbocycles. The van der Waals surface area contributed by atoms with Crippen LogP contribution in [0.4, 0.5) is 5.69 Å². The lowest BCUT2D eigenvalue weighted by Crippen LogP contribution is -2.02. The van der Waals surface area contributed by atoms with E-state index in [0.717, 1.165) is 36.9 Å². The first-order valence-electron chi connectivity index (χ1n) is 6.10. The molecular weight excluding hydrogens is 269 g/mol. The third-order valence-corrected chi connectivity index (χ3v) is 3.60. The van der Waals surface area contributed by atoms with Crippen molar-refractivity contribution in [3.05, 3.63) is 40.0 Å². The molecule has 0 radical (unpaired) electrons. The fourth-order valence-electron chi connectivity index (χ4n) is 2.00. The molecule has 0 unspecified atom stereocenters. The van der Waals surface area contributed by atoms with E-state index in [2.05, 4.69) is 5.32 Å². The van der Waals surface area contributed by atoms with E-state index in [1.165, 1.54) is 0 Å². The Kier molecular flexibility index (Phi) is 4.67. The molecule has 0 aromatic heterocycles. The third-order valence-electron chi connectivity index (χ3n) is 3.04. The second-order valence-electron chi connectivity index (χ2n) is 4.42. The van der Waals surface area contributed by atoms with E-state index in [1.807, 2.05) is 0 Å². The van der Waals surface area contributed by atoms with Gasteiger partial charge < -0.3 is 5.32 Å². The molecular formula is C14H15Cl2NO. The number of halogens is 2. The molecule has 0 atom stereocenters. The number of benzene rings is 1. The molecule has 18 heavy (non-hydrogen) atoms. The SMILES string of the molecule is O=C1CCCCCC1=CNc1cc(Cl)ccc1Cl. The van der Waals surface area contributed by atoms with Gasteiger partial charge in [-0.05, 0) is 37.5 Å². The molecule has 0 heterocycles. The monoisotopic (exact) mass is 283 g/mol. The van der Waals surface area contributed by atoms with Gasteiger partial charge in [0.1, 0.15) is 0 Å². The van der Waals surface area contributed by atoms with Crippen LogP contribution in [0.25, 0.3) is 0 Å². The topological polar surface area (TPSA) is 29.1 Å². The minimum absolute atomic E-state index is 0.234. The van der Waals surface area contributed by atoms with E-state index in [0.29, 0.717) is 16.5 Å². The summed E-state index contributed by atoms with van der Waals surface area (Å²) in [5.74, 6) is 0.234. The van der Waals surface area contributed by atoms with Crippen molar-refractivity contribution in [2.24, 2.45) is 0 Å². The number of nitrogens with one attached hydrogen (secondary N) is 1. The molecule has 1 saturated carbocycles. The number of Topliss-reactive ketones (excluding diaryl/α,β-unsaturated/α-hetero) is 1. The zero-order valence-corrected chi connectivity index (χ0v) is 11.5. The van der Waals surface area contributed by atoms with Crippen LogP contribution >= 0.6 is 23.2 Å². The smallest absolute Gasteiger partial charge is 0.160 e. The van der Waals surface area contributed by atoms with Gasteiger partial charge >= 0.3 is 0 Å². The number of rotatable bonds is 2. The van der Waals surface area contributed by atoms with Gasteiger partial charge in [0.2, 0.25) is 0 Å². The van der Waals surface area contributed by atoms with Crippen molar-refractivity contribution in [2.75, 3.05) is 5.32 Å². The highest BCUT2D eigenvalue weighted by Crippen LogP contribution is 2.26. The molecule has 0 spiro atoms. The Hall–Kier alpha value is -0.990. The van der Waals surface area contributed by atoms with Gasteiger partial charge in [-0.25, -0.2) is 0 Å². The molecule has 1 fully saturated rings. The van der Waals surface area contributed by atoms with Gasteiger partial charge in [0, 0.05) is 23.2 Å². The molecule has 96 valence electrons. The summed E-state index contributed by atoms with van der Waals surface area (Å²) in [5, 5.41) is 4.30. The van der Waals surface area contributed by atoms with Crippen molar-refractivity contribution in [1.29, 1.82) is 0 Å². The van der Waals surface area contributed by atoms with E-state index < -0.39 is 0 Å². The van der Waals surface area contributed by atoms with Crippen molar-refractivity contribution >= 4 is 34.7 Å². The van der Waals surface area contributed by atoms with Gasteiger partial charge in [0.05, 0.1) is 10.7 Å². The average molecular weight is 284 g/mol. The standard InChI is InChI=1S/C14H15Cl2NO/c15-11-6-7-12(16)13(8-11)17-9-10-4-2-1-3-5-14(10)18/h6-9,17H,1-5H2. The van der Waals surface area contributed by atoms with Crippen molar-refractivity contribution in [1.82, 2.24) is 0 Å². The Labute approximate surface area is 117 Å². The Morgan fingerprint density at radius 1 is 1.11 bits per heavy atom. The molecule has 0 saturated heterocycles. The van der Waals surface area contributed by atoms with Crippen LogP contribution in [0, 0.1) is 0 Å². The molecule has 0 amide bonds. The molecule has 2 rings (SSSR count). The van der Waals surface area contributed by atoms with Gasteiger partial charge in [-0.1, -0.05) is 29.6 Å². The molecule has 2 nitrogen and oxygen atoms in total. The fourth-order valence-corrected chi connectivity index (χ4v) is 2.35. The summed E-state index contributed by atoms with van der Waals surface area (Å²) >= 11 is 12.0. The van der Waals surface area contributed by atoms with Crippen LogP contribution in [-0.4, -0.2) is 5.78 Å². The van der Waals surface area contributed by atoms with E-state index >= 15 is 0 Å². The predicted molar refractivity (Wildman–Crippen MR) is 76.3 cm³/mol. The molecule has 0 aliphatic heterocycles. The molecule has 1 N–H and O–H groups in total. The Morgan fingerprint density at radius 3 is 2.72 bits per heavy atom. The third kappa shape index (κ3) is 3.50. The van der Waals surface area contributed by atoms with E-state index in [1.54, 1.807) is 24.4 Å². The summed E-state index contributed by atoms with van der Waals surface area (Å²) in [4.78, 5) is 11.8. The normalized spacial score (nSPS) is 18.8. The largest absolute Gasteiger partial charge is 0.360 e. The van der Waals surface area contributed by atoms with Crippen LogP contribution in [0.2, 0.25) is 10.0 Å². The van der Waals surface area contributed by atoms with Crippen LogP contribution in [0.1, 0.15) is 32.1 Å². The van der Waals surface area contributed by atoms with Crippen LogP contribution in [0.5, 0.6) is 0 Å². The maximum Gasteiger partial charge on any atom is 0.160 e. The van der Waals surface area contributed by atoms with Crippen molar-refractivity contribution in [3.63, 3.8) is 0 Å². The lowest BCUT2D eigenvalue weighted by atomic mass is 10.1. The highest BCUT2D eigenvalue weighted by atomic mass is 35.5. The second-order valence-corrected chi connectivity index (χ2v) is 5.27. The summed E-state index contributed by atoms with van der Waals surface area (Å²) < 4.78 is 0. The zero-order valence-electron chi connectivity index (χ0n) is 10.0. The van der Waals surface area contributed by atoms with E-state index in [-0.39, 0.29) is 5.78 Å². The molecule has 1 aliphatic rings. The Balaban J connectivity index is 2.13. The lowest BCUT2D eigenvalue weighted by molar-refractivity contribution is -0.115. The average Bonchev–Trinajstić information content (AvgIpc) is 2.55. The van der Waals surface area contributed by atoms with Crippen molar-refractivity contribution < 1.29 is 4.79 Å². The Bertz CT molecular complexity index is 483. The summed E-state index contributed by atoms with van der Waals surface area (Å²) in [5.41, 5.74) is 1.58. The van der Waals surface area contributed by atoms with Gasteiger partial charge in [-0.3, -0.25) is 4.79 Å². The van der Waals surface area contributed by atoms with Gasteiger partial charge in [0.15, 0.2) is 5.78 Å². The fraction of sp³-hybridized carbons (Fsp3) is 0.357. The quantitative estimate of drug-likeness (QED) is 0.623. The summed E-state index contributed by atoms with van der Waals surface area (Å²) in [6.45, 7) is 0. The first-order valence-corrected chi connectivity index (χ1v) is 6.86. The van der Waals surface area contributed by atoms with Gasteiger partial charge in [-0.2, -0.15) is 0 Å². The van der Waals surface area contributed by atoms with Crippen molar-refractivity contribution in [2.45, 2.75) is 32.1 Å². The minimum atomic E-state index is 0.234. The summed E-state index contributed by atoms with van der Waals surface area (Å²) in [6, 6.07) is 5.22. The van der Waals surface area contributed by atoms with Crippen LogP contribution in [-0.2, 0) is 4.79 Å². The van der Waals surface area contributed by atoms with Crippen LogP contribution < -0.4 is 5.32 Å².